The highest BCUT2D eigenvalue weighted by Crippen LogP contribution is 2.08. The lowest BCUT2D eigenvalue weighted by atomic mass is 10.3. The predicted octanol–water partition coefficient (Wildman–Crippen LogP) is 2.40. The van der Waals surface area contributed by atoms with Gasteiger partial charge >= 0.3 is 6.16 Å². The molecule has 0 radical (unpaired) electrons. The second-order valence-corrected chi connectivity index (χ2v) is 2.88. The van der Waals surface area contributed by atoms with Crippen molar-refractivity contribution in [1.82, 2.24) is 0 Å². The number of carbonyl (C=O) groups excluding carboxylic acids is 1. The molecule has 0 aliphatic heterocycles. The largest absolute Gasteiger partial charge is 0.513 e. The zero-order valence-electron chi connectivity index (χ0n) is 8.93. The van der Waals surface area contributed by atoms with Crippen molar-refractivity contribution in [2.45, 2.75) is 0 Å². The molecule has 1 rings (SSSR count). The number of ether oxygens (including phenoxy) is 3. The van der Waals surface area contributed by atoms with E-state index >= 15 is 0 Å². The molecular weight excluding hydrogens is 208 g/mol. The zero-order chi connectivity index (χ0) is 11.6. The van der Waals surface area contributed by atoms with Gasteiger partial charge in [-0.1, -0.05) is 24.3 Å². The molecule has 0 amide bonds. The first-order valence-electron chi connectivity index (χ1n) is 4.91. The average molecular weight is 222 g/mol. The standard InChI is InChI=1S/C12H14O4/c1-2-8-14-9-10-15-12(13)16-11-6-4-3-5-7-11/h2-7H,1,8-10H2. The predicted molar refractivity (Wildman–Crippen MR) is 59.4 cm³/mol. The fourth-order valence-electron chi connectivity index (χ4n) is 0.965. The van der Waals surface area contributed by atoms with Crippen molar-refractivity contribution in [3.8, 4) is 5.75 Å². The van der Waals surface area contributed by atoms with Crippen molar-refractivity contribution in [1.29, 1.82) is 0 Å². The van der Waals surface area contributed by atoms with Gasteiger partial charge in [0.25, 0.3) is 0 Å². The van der Waals surface area contributed by atoms with Crippen LogP contribution in [0.4, 0.5) is 4.79 Å². The van der Waals surface area contributed by atoms with Gasteiger partial charge in [0.2, 0.25) is 0 Å². The average Bonchev–Trinajstić information content (AvgIpc) is 2.30. The van der Waals surface area contributed by atoms with E-state index in [2.05, 4.69) is 6.58 Å². The Morgan fingerprint density at radius 3 is 2.69 bits per heavy atom. The van der Waals surface area contributed by atoms with Gasteiger partial charge in [0.1, 0.15) is 12.4 Å². The topological polar surface area (TPSA) is 44.8 Å². The van der Waals surface area contributed by atoms with Crippen molar-refractivity contribution < 1.29 is 19.0 Å². The summed E-state index contributed by atoms with van der Waals surface area (Å²) in [5.41, 5.74) is 0. The summed E-state index contributed by atoms with van der Waals surface area (Å²) in [7, 11) is 0. The Kier molecular flexibility index (Phi) is 5.73. The van der Waals surface area contributed by atoms with Gasteiger partial charge in [0.05, 0.1) is 13.2 Å². The molecule has 0 bridgehead atoms. The van der Waals surface area contributed by atoms with Gasteiger partial charge in [-0.25, -0.2) is 4.79 Å². The second-order valence-electron chi connectivity index (χ2n) is 2.88. The summed E-state index contributed by atoms with van der Waals surface area (Å²) in [6.45, 7) is 4.43. The highest BCUT2D eigenvalue weighted by Gasteiger charge is 2.04. The van der Waals surface area contributed by atoms with Gasteiger partial charge < -0.3 is 14.2 Å². The molecule has 4 nitrogen and oxygen atoms in total. The van der Waals surface area contributed by atoms with E-state index in [-0.39, 0.29) is 6.61 Å². The van der Waals surface area contributed by atoms with Gasteiger partial charge in [-0.2, -0.15) is 0 Å². The van der Waals surface area contributed by atoms with Gasteiger partial charge in [-0.05, 0) is 12.1 Å². The zero-order valence-corrected chi connectivity index (χ0v) is 8.93. The normalized spacial score (nSPS) is 9.50. The van der Waals surface area contributed by atoms with Gasteiger partial charge in [-0.15, -0.1) is 6.58 Å². The Bertz CT molecular complexity index is 321. The molecule has 0 heterocycles. The van der Waals surface area contributed by atoms with Gasteiger partial charge in [-0.3, -0.25) is 0 Å². The molecule has 0 spiro atoms. The maximum absolute atomic E-state index is 11.1. The van der Waals surface area contributed by atoms with E-state index < -0.39 is 6.16 Å². The minimum absolute atomic E-state index is 0.166. The number of hydrogen-bond donors (Lipinski definition) is 0. The lowest BCUT2D eigenvalue weighted by Crippen LogP contribution is -2.14. The Balaban J connectivity index is 2.14. The van der Waals surface area contributed by atoms with Crippen molar-refractivity contribution in [3.63, 3.8) is 0 Å². The minimum atomic E-state index is -0.728. The summed E-state index contributed by atoms with van der Waals surface area (Å²) in [5.74, 6) is 0.458. The Labute approximate surface area is 94.4 Å². The third kappa shape index (κ3) is 5.17. The molecule has 1 aromatic rings. The summed E-state index contributed by atoms with van der Waals surface area (Å²) in [5, 5.41) is 0. The summed E-state index contributed by atoms with van der Waals surface area (Å²) < 4.78 is 14.7. The fraction of sp³-hybridized carbons (Fsp3) is 0.250. The molecule has 0 saturated heterocycles. The minimum Gasteiger partial charge on any atom is -0.432 e. The molecule has 0 atom stereocenters. The number of rotatable bonds is 6. The molecule has 0 aliphatic rings. The van der Waals surface area contributed by atoms with Gasteiger partial charge in [0, 0.05) is 0 Å². The van der Waals surface area contributed by atoms with Crippen LogP contribution in [0.25, 0.3) is 0 Å². The smallest absolute Gasteiger partial charge is 0.432 e. The second kappa shape index (κ2) is 7.48. The van der Waals surface area contributed by atoms with E-state index in [1.54, 1.807) is 30.3 Å². The number of carbonyl (C=O) groups is 1. The molecule has 0 aromatic heterocycles. The van der Waals surface area contributed by atoms with Crippen LogP contribution in [0.5, 0.6) is 5.75 Å². The molecule has 0 saturated carbocycles. The molecule has 0 aliphatic carbocycles. The maximum Gasteiger partial charge on any atom is 0.513 e. The lowest BCUT2D eigenvalue weighted by molar-refractivity contribution is 0.0602. The fourth-order valence-corrected chi connectivity index (χ4v) is 0.965. The Hall–Kier alpha value is -1.81. The Morgan fingerprint density at radius 2 is 2.00 bits per heavy atom. The van der Waals surface area contributed by atoms with Crippen LogP contribution < -0.4 is 4.74 Å². The van der Waals surface area contributed by atoms with Crippen LogP contribution in [-0.4, -0.2) is 26.0 Å². The van der Waals surface area contributed by atoms with Crippen LogP contribution in [0, 0.1) is 0 Å². The molecule has 16 heavy (non-hydrogen) atoms. The summed E-state index contributed by atoms with van der Waals surface area (Å²) >= 11 is 0. The molecule has 4 heteroatoms. The third-order valence-electron chi connectivity index (χ3n) is 1.63. The van der Waals surface area contributed by atoms with Crippen molar-refractivity contribution >= 4 is 6.16 Å². The number of hydrogen-bond acceptors (Lipinski definition) is 4. The number of benzene rings is 1. The number of para-hydroxylation sites is 1. The van der Waals surface area contributed by atoms with Crippen molar-refractivity contribution in [2.75, 3.05) is 19.8 Å². The lowest BCUT2D eigenvalue weighted by Gasteiger charge is -2.05. The summed E-state index contributed by atoms with van der Waals surface area (Å²) in [4.78, 5) is 11.1. The molecule has 0 fully saturated rings. The SMILES string of the molecule is C=CCOCCOC(=O)Oc1ccccc1. The van der Waals surface area contributed by atoms with E-state index in [0.717, 1.165) is 0 Å². The highest BCUT2D eigenvalue weighted by molar-refractivity contribution is 5.63. The van der Waals surface area contributed by atoms with E-state index in [4.69, 9.17) is 14.2 Å². The van der Waals surface area contributed by atoms with Crippen LogP contribution >= 0.6 is 0 Å². The first kappa shape index (κ1) is 12.3. The Morgan fingerprint density at radius 1 is 1.25 bits per heavy atom. The quantitative estimate of drug-likeness (QED) is 0.321. The summed E-state index contributed by atoms with van der Waals surface area (Å²) in [6, 6.07) is 8.73. The summed E-state index contributed by atoms with van der Waals surface area (Å²) in [6.07, 6.45) is 0.899. The molecule has 0 unspecified atom stereocenters. The van der Waals surface area contributed by atoms with E-state index in [1.165, 1.54) is 0 Å². The molecule has 0 N–H and O–H groups in total. The first-order chi connectivity index (χ1) is 7.83. The van der Waals surface area contributed by atoms with Gasteiger partial charge in [0.15, 0.2) is 0 Å². The highest BCUT2D eigenvalue weighted by atomic mass is 16.7. The van der Waals surface area contributed by atoms with Crippen LogP contribution in [0.3, 0.4) is 0 Å². The monoisotopic (exact) mass is 222 g/mol. The van der Waals surface area contributed by atoms with E-state index in [0.29, 0.717) is 19.0 Å². The molecule has 86 valence electrons. The third-order valence-corrected chi connectivity index (χ3v) is 1.63. The maximum atomic E-state index is 11.1. The van der Waals surface area contributed by atoms with Crippen LogP contribution in [-0.2, 0) is 9.47 Å². The van der Waals surface area contributed by atoms with Crippen molar-refractivity contribution in [2.24, 2.45) is 0 Å². The van der Waals surface area contributed by atoms with Crippen LogP contribution in [0.2, 0.25) is 0 Å². The van der Waals surface area contributed by atoms with E-state index in [1.807, 2.05) is 6.07 Å². The molecular formula is C12H14O4. The van der Waals surface area contributed by atoms with E-state index in [9.17, 15) is 4.79 Å². The van der Waals surface area contributed by atoms with Crippen molar-refractivity contribution in [3.05, 3.63) is 43.0 Å². The molecule has 1 aromatic carbocycles. The first-order valence-corrected chi connectivity index (χ1v) is 4.91. The van der Waals surface area contributed by atoms with Crippen LogP contribution in [0.1, 0.15) is 0 Å². The van der Waals surface area contributed by atoms with Crippen LogP contribution in [0.15, 0.2) is 43.0 Å².